The Bertz CT molecular complexity index is 526. The first-order valence-corrected chi connectivity index (χ1v) is 7.71. The van der Waals surface area contributed by atoms with Crippen LogP contribution in [0.2, 0.25) is 0 Å². The van der Waals surface area contributed by atoms with Crippen LogP contribution in [0.25, 0.3) is 0 Å². The van der Waals surface area contributed by atoms with Gasteiger partial charge in [-0.05, 0) is 30.2 Å². The standard InChI is InChI=1S/C15H17NO3S/c1-18-12-4-2-11(3-5-12)10-19-15(17)13-7-9-20-14-6-8-16(13)14/h2-5,7,14H,6,8-10H2,1H3. The molecule has 0 amide bonds. The van der Waals surface area contributed by atoms with E-state index in [1.807, 2.05) is 42.1 Å². The molecule has 1 aromatic rings. The molecule has 2 heterocycles. The average molecular weight is 291 g/mol. The van der Waals surface area contributed by atoms with Gasteiger partial charge in [0.25, 0.3) is 0 Å². The number of hydrogen-bond donors (Lipinski definition) is 0. The van der Waals surface area contributed by atoms with E-state index in [0.29, 0.717) is 12.0 Å². The summed E-state index contributed by atoms with van der Waals surface area (Å²) < 4.78 is 10.5. The third-order valence-corrected chi connectivity index (χ3v) is 4.81. The predicted molar refractivity (Wildman–Crippen MR) is 78.4 cm³/mol. The summed E-state index contributed by atoms with van der Waals surface area (Å²) in [6, 6.07) is 7.55. The Kier molecular flexibility index (Phi) is 3.87. The molecule has 0 spiro atoms. The molecule has 106 valence electrons. The molecule has 0 saturated carbocycles. The first kappa shape index (κ1) is 13.4. The number of carbonyl (C=O) groups excluding carboxylic acids is 1. The Morgan fingerprint density at radius 2 is 2.20 bits per heavy atom. The van der Waals surface area contributed by atoms with Gasteiger partial charge < -0.3 is 14.4 Å². The molecule has 20 heavy (non-hydrogen) atoms. The smallest absolute Gasteiger partial charge is 0.354 e. The second-order valence-electron chi connectivity index (χ2n) is 4.78. The summed E-state index contributed by atoms with van der Waals surface area (Å²) >= 11 is 1.88. The number of fused-ring (bicyclic) bond motifs is 1. The normalized spacial score (nSPS) is 20.6. The zero-order valence-electron chi connectivity index (χ0n) is 11.4. The van der Waals surface area contributed by atoms with Crippen LogP contribution in [-0.4, -0.2) is 35.7 Å². The lowest BCUT2D eigenvalue weighted by atomic mass is 10.1. The predicted octanol–water partition coefficient (Wildman–Crippen LogP) is 2.40. The fourth-order valence-corrected chi connectivity index (χ4v) is 3.46. The zero-order chi connectivity index (χ0) is 13.9. The highest BCUT2D eigenvalue weighted by Gasteiger charge is 2.35. The van der Waals surface area contributed by atoms with Crippen molar-refractivity contribution in [1.29, 1.82) is 0 Å². The second kappa shape index (κ2) is 5.79. The Morgan fingerprint density at radius 1 is 1.40 bits per heavy atom. The number of rotatable bonds is 4. The molecule has 0 bridgehead atoms. The molecule has 1 unspecified atom stereocenters. The quantitative estimate of drug-likeness (QED) is 0.797. The van der Waals surface area contributed by atoms with Gasteiger partial charge in [0.15, 0.2) is 0 Å². The summed E-state index contributed by atoms with van der Waals surface area (Å²) in [5, 5.41) is 0.475. The van der Waals surface area contributed by atoms with Crippen LogP contribution in [-0.2, 0) is 16.1 Å². The molecule has 0 N–H and O–H groups in total. The van der Waals surface area contributed by atoms with Gasteiger partial charge >= 0.3 is 5.97 Å². The molecule has 0 aromatic heterocycles. The molecule has 1 fully saturated rings. The fraction of sp³-hybridized carbons (Fsp3) is 0.400. The Hall–Kier alpha value is -1.62. The lowest BCUT2D eigenvalue weighted by Gasteiger charge is -2.44. The first-order valence-electron chi connectivity index (χ1n) is 6.66. The molecule has 1 saturated heterocycles. The van der Waals surface area contributed by atoms with Crippen LogP contribution >= 0.6 is 11.8 Å². The van der Waals surface area contributed by atoms with Crippen molar-refractivity contribution in [3.8, 4) is 5.75 Å². The molecular formula is C15H17NO3S. The molecule has 0 radical (unpaired) electrons. The summed E-state index contributed by atoms with van der Waals surface area (Å²) in [5.74, 6) is 1.48. The molecule has 1 atom stereocenters. The minimum atomic E-state index is -0.217. The van der Waals surface area contributed by atoms with Crippen LogP contribution in [0.1, 0.15) is 12.0 Å². The van der Waals surface area contributed by atoms with Gasteiger partial charge in [0.1, 0.15) is 18.1 Å². The van der Waals surface area contributed by atoms with Crippen molar-refractivity contribution in [3.63, 3.8) is 0 Å². The molecule has 2 aliphatic rings. The van der Waals surface area contributed by atoms with E-state index in [0.717, 1.165) is 35.7 Å². The maximum absolute atomic E-state index is 12.1. The fourth-order valence-electron chi connectivity index (χ4n) is 2.31. The lowest BCUT2D eigenvalue weighted by molar-refractivity contribution is -0.143. The van der Waals surface area contributed by atoms with Crippen LogP contribution in [0, 0.1) is 0 Å². The van der Waals surface area contributed by atoms with Gasteiger partial charge in [-0.2, -0.15) is 0 Å². The Labute approximate surface area is 122 Å². The van der Waals surface area contributed by atoms with Gasteiger partial charge in [-0.3, -0.25) is 0 Å². The van der Waals surface area contributed by atoms with Gasteiger partial charge in [0.05, 0.1) is 12.5 Å². The third kappa shape index (κ3) is 2.63. The molecule has 1 aromatic carbocycles. The highest BCUT2D eigenvalue weighted by Crippen LogP contribution is 2.36. The minimum absolute atomic E-state index is 0.217. The maximum Gasteiger partial charge on any atom is 0.354 e. The Morgan fingerprint density at radius 3 is 2.85 bits per heavy atom. The molecule has 2 aliphatic heterocycles. The number of thioether (sulfide) groups is 1. The number of nitrogens with zero attached hydrogens (tertiary/aromatic N) is 1. The molecule has 4 nitrogen and oxygen atoms in total. The van der Waals surface area contributed by atoms with E-state index in [4.69, 9.17) is 9.47 Å². The second-order valence-corrected chi connectivity index (χ2v) is 5.99. The summed E-state index contributed by atoms with van der Waals surface area (Å²) in [7, 11) is 1.63. The van der Waals surface area contributed by atoms with Crippen molar-refractivity contribution in [2.75, 3.05) is 19.4 Å². The van der Waals surface area contributed by atoms with Crippen LogP contribution in [0.4, 0.5) is 0 Å². The Balaban J connectivity index is 1.57. The summed E-state index contributed by atoms with van der Waals surface area (Å²) in [5.41, 5.74) is 1.69. The van der Waals surface area contributed by atoms with E-state index in [9.17, 15) is 4.79 Å². The maximum atomic E-state index is 12.1. The summed E-state index contributed by atoms with van der Waals surface area (Å²) in [6.07, 6.45) is 3.13. The highest BCUT2D eigenvalue weighted by atomic mass is 32.2. The number of carbonyl (C=O) groups is 1. The molecular weight excluding hydrogens is 274 g/mol. The van der Waals surface area contributed by atoms with Crippen molar-refractivity contribution in [1.82, 2.24) is 4.90 Å². The SMILES string of the molecule is COc1ccc(COC(=O)C2=CCSC3CCN23)cc1. The minimum Gasteiger partial charge on any atom is -0.497 e. The summed E-state index contributed by atoms with van der Waals surface area (Å²) in [6.45, 7) is 1.26. The third-order valence-electron chi connectivity index (χ3n) is 3.58. The highest BCUT2D eigenvalue weighted by molar-refractivity contribution is 8.00. The van der Waals surface area contributed by atoms with Gasteiger partial charge in [0.2, 0.25) is 0 Å². The number of esters is 1. The van der Waals surface area contributed by atoms with Crippen LogP contribution < -0.4 is 4.74 Å². The number of methoxy groups -OCH3 is 1. The van der Waals surface area contributed by atoms with Crippen LogP contribution in [0.15, 0.2) is 36.0 Å². The van der Waals surface area contributed by atoms with Crippen molar-refractivity contribution in [2.24, 2.45) is 0 Å². The van der Waals surface area contributed by atoms with Gasteiger partial charge in [-0.1, -0.05) is 12.1 Å². The number of benzene rings is 1. The van der Waals surface area contributed by atoms with Crippen LogP contribution in [0.3, 0.4) is 0 Å². The van der Waals surface area contributed by atoms with E-state index >= 15 is 0 Å². The molecule has 5 heteroatoms. The number of ether oxygens (including phenoxy) is 2. The summed E-state index contributed by atoms with van der Waals surface area (Å²) in [4.78, 5) is 14.2. The van der Waals surface area contributed by atoms with Gasteiger partial charge in [-0.15, -0.1) is 11.8 Å². The van der Waals surface area contributed by atoms with E-state index in [2.05, 4.69) is 4.90 Å². The lowest BCUT2D eigenvalue weighted by Crippen LogP contribution is -2.48. The van der Waals surface area contributed by atoms with E-state index in [-0.39, 0.29) is 5.97 Å². The van der Waals surface area contributed by atoms with E-state index < -0.39 is 0 Å². The average Bonchev–Trinajstić information content (AvgIpc) is 2.46. The zero-order valence-corrected chi connectivity index (χ0v) is 12.2. The van der Waals surface area contributed by atoms with Crippen molar-refractivity contribution in [2.45, 2.75) is 18.4 Å². The van der Waals surface area contributed by atoms with E-state index in [1.165, 1.54) is 0 Å². The largest absolute Gasteiger partial charge is 0.497 e. The van der Waals surface area contributed by atoms with Crippen molar-refractivity contribution >= 4 is 17.7 Å². The van der Waals surface area contributed by atoms with Crippen LogP contribution in [0.5, 0.6) is 5.75 Å². The number of hydrogen-bond acceptors (Lipinski definition) is 5. The first-order chi connectivity index (χ1) is 9.78. The monoisotopic (exact) mass is 291 g/mol. The molecule has 0 aliphatic carbocycles. The topological polar surface area (TPSA) is 38.8 Å². The van der Waals surface area contributed by atoms with E-state index in [1.54, 1.807) is 7.11 Å². The van der Waals surface area contributed by atoms with Gasteiger partial charge in [0, 0.05) is 12.3 Å². The van der Waals surface area contributed by atoms with Crippen molar-refractivity contribution < 1.29 is 14.3 Å². The molecule has 3 rings (SSSR count). The van der Waals surface area contributed by atoms with Crippen molar-refractivity contribution in [3.05, 3.63) is 41.6 Å². The van der Waals surface area contributed by atoms with Gasteiger partial charge in [-0.25, -0.2) is 4.79 Å².